The first kappa shape index (κ1) is 14.7. The predicted molar refractivity (Wildman–Crippen MR) is 88.5 cm³/mol. The fraction of sp³-hybridized carbons (Fsp3) is 0.938. The summed E-state index contributed by atoms with van der Waals surface area (Å²) in [4.78, 5) is 7.34. The maximum absolute atomic E-state index is 4.81. The molecule has 0 atom stereocenters. The molecule has 3 nitrogen and oxygen atoms in total. The highest BCUT2D eigenvalue weighted by atomic mass is 32.2. The molecule has 20 heavy (non-hydrogen) atoms. The van der Waals surface area contributed by atoms with Gasteiger partial charge < -0.3 is 10.2 Å². The van der Waals surface area contributed by atoms with Crippen molar-refractivity contribution in [2.45, 2.75) is 57.4 Å². The summed E-state index contributed by atoms with van der Waals surface area (Å²) in [5, 5.41) is 4.75. The van der Waals surface area contributed by atoms with E-state index in [0.717, 1.165) is 25.7 Å². The van der Waals surface area contributed by atoms with Crippen LogP contribution in [-0.2, 0) is 0 Å². The number of rotatable bonds is 4. The maximum Gasteiger partial charge on any atom is 0.156 e. The average Bonchev–Trinajstić information content (AvgIpc) is 3.13. The Morgan fingerprint density at radius 3 is 2.65 bits per heavy atom. The lowest BCUT2D eigenvalue weighted by atomic mass is 9.89. The highest BCUT2D eigenvalue weighted by Crippen LogP contribution is 2.43. The number of hydrogen-bond donors (Lipinski definition) is 1. The summed E-state index contributed by atoms with van der Waals surface area (Å²) in [5.74, 6) is 1.29. The second-order valence-corrected chi connectivity index (χ2v) is 7.93. The van der Waals surface area contributed by atoms with Crippen LogP contribution in [-0.4, -0.2) is 48.5 Å². The van der Waals surface area contributed by atoms with Crippen LogP contribution in [0.15, 0.2) is 4.99 Å². The molecule has 1 aliphatic heterocycles. The molecule has 1 N–H and O–H groups in total. The number of amidine groups is 1. The molecule has 3 aliphatic rings. The third-order valence-electron chi connectivity index (χ3n) is 5.43. The Bertz CT molecular complexity index is 344. The van der Waals surface area contributed by atoms with Crippen molar-refractivity contribution in [3.8, 4) is 0 Å². The first-order valence-corrected chi connectivity index (χ1v) is 9.37. The largest absolute Gasteiger partial charge is 0.364 e. The number of thioether (sulfide) groups is 1. The molecule has 0 amide bonds. The summed E-state index contributed by atoms with van der Waals surface area (Å²) < 4.78 is 0. The number of nitrogens with zero attached hydrogens (tertiary/aromatic N) is 2. The van der Waals surface area contributed by atoms with E-state index in [4.69, 9.17) is 4.99 Å². The summed E-state index contributed by atoms with van der Waals surface area (Å²) in [6, 6.07) is 0.833. The topological polar surface area (TPSA) is 27.6 Å². The van der Waals surface area contributed by atoms with Crippen LogP contribution in [0.4, 0.5) is 0 Å². The van der Waals surface area contributed by atoms with E-state index < -0.39 is 0 Å². The summed E-state index contributed by atoms with van der Waals surface area (Å²) in [5.41, 5.74) is 0.566. The molecule has 114 valence electrons. The van der Waals surface area contributed by atoms with Crippen molar-refractivity contribution >= 4 is 16.9 Å². The molecule has 1 spiro atoms. The van der Waals surface area contributed by atoms with Gasteiger partial charge in [0, 0.05) is 31.4 Å². The van der Waals surface area contributed by atoms with E-state index in [1.807, 2.05) is 11.8 Å². The molecule has 0 unspecified atom stereocenters. The van der Waals surface area contributed by atoms with E-state index in [1.165, 1.54) is 62.3 Å². The Morgan fingerprint density at radius 2 is 2.00 bits per heavy atom. The van der Waals surface area contributed by atoms with Gasteiger partial charge in [-0.05, 0) is 38.1 Å². The second-order valence-electron chi connectivity index (χ2n) is 6.96. The normalized spacial score (nSPS) is 26.4. The van der Waals surface area contributed by atoms with Crippen LogP contribution in [0.3, 0.4) is 0 Å². The highest BCUT2D eigenvalue weighted by Gasteiger charge is 2.36. The van der Waals surface area contributed by atoms with Crippen LogP contribution in [0.2, 0.25) is 0 Å². The van der Waals surface area contributed by atoms with Crippen molar-refractivity contribution in [1.82, 2.24) is 10.2 Å². The van der Waals surface area contributed by atoms with Crippen LogP contribution >= 0.6 is 11.8 Å². The lowest BCUT2D eigenvalue weighted by molar-refractivity contribution is 0.249. The first-order valence-electron chi connectivity index (χ1n) is 8.39. The zero-order chi connectivity index (χ0) is 13.8. The van der Waals surface area contributed by atoms with Crippen LogP contribution in [0.1, 0.15) is 51.4 Å². The van der Waals surface area contributed by atoms with Gasteiger partial charge in [-0.2, -0.15) is 0 Å². The Labute approximate surface area is 128 Å². The van der Waals surface area contributed by atoms with Gasteiger partial charge in [0.25, 0.3) is 0 Å². The molecule has 0 aromatic carbocycles. The zero-order valence-electron chi connectivity index (χ0n) is 12.9. The van der Waals surface area contributed by atoms with Gasteiger partial charge in [-0.1, -0.05) is 37.4 Å². The van der Waals surface area contributed by atoms with Gasteiger partial charge >= 0.3 is 0 Å². The fourth-order valence-corrected chi connectivity index (χ4v) is 5.14. The minimum Gasteiger partial charge on any atom is -0.364 e. The van der Waals surface area contributed by atoms with Gasteiger partial charge in [0.2, 0.25) is 0 Å². The van der Waals surface area contributed by atoms with Gasteiger partial charge in [-0.25, -0.2) is 0 Å². The molecule has 0 aromatic heterocycles. The Morgan fingerprint density at radius 1 is 1.25 bits per heavy atom. The summed E-state index contributed by atoms with van der Waals surface area (Å²) in [6.45, 7) is 3.27. The van der Waals surface area contributed by atoms with Crippen molar-refractivity contribution in [3.63, 3.8) is 0 Å². The third kappa shape index (κ3) is 3.51. The van der Waals surface area contributed by atoms with Gasteiger partial charge in [-0.3, -0.25) is 4.99 Å². The van der Waals surface area contributed by atoms with Gasteiger partial charge in [-0.15, -0.1) is 0 Å². The number of nitrogens with one attached hydrogen (secondary N) is 1. The number of likely N-dealkylation sites (N-methyl/N-ethyl adjacent to an activating group) is 1. The van der Waals surface area contributed by atoms with E-state index in [1.54, 1.807) is 0 Å². The minimum atomic E-state index is 0.566. The third-order valence-corrected chi connectivity index (χ3v) is 6.73. The summed E-state index contributed by atoms with van der Waals surface area (Å²) in [7, 11) is 2.28. The zero-order valence-corrected chi connectivity index (χ0v) is 13.7. The SMILES string of the molecule is CN(CCNC1=NCC2(CCCC2)CS1)C1CCCC1. The standard InChI is InChI=1S/C16H29N3S/c1-19(14-6-2-3-7-14)11-10-17-15-18-12-16(13-20-15)8-4-5-9-16/h14H,2-13H2,1H3,(H,17,18). The van der Waals surface area contributed by atoms with Gasteiger partial charge in [0.1, 0.15) is 0 Å². The monoisotopic (exact) mass is 295 g/mol. The van der Waals surface area contributed by atoms with Crippen molar-refractivity contribution < 1.29 is 0 Å². The maximum atomic E-state index is 4.81. The lowest BCUT2D eigenvalue weighted by Gasteiger charge is -2.31. The van der Waals surface area contributed by atoms with Crippen molar-refractivity contribution in [1.29, 1.82) is 0 Å². The quantitative estimate of drug-likeness (QED) is 0.863. The number of hydrogen-bond acceptors (Lipinski definition) is 4. The van der Waals surface area contributed by atoms with Crippen LogP contribution in [0.25, 0.3) is 0 Å². The number of aliphatic imine (C=N–C) groups is 1. The average molecular weight is 295 g/mol. The van der Waals surface area contributed by atoms with Gasteiger partial charge in [0.15, 0.2) is 5.17 Å². The minimum absolute atomic E-state index is 0.566. The van der Waals surface area contributed by atoms with Crippen LogP contribution in [0, 0.1) is 5.41 Å². The van der Waals surface area contributed by atoms with Crippen molar-refractivity contribution in [2.24, 2.45) is 10.4 Å². The molecule has 4 heteroatoms. The molecular weight excluding hydrogens is 266 g/mol. The van der Waals surface area contributed by atoms with E-state index in [-0.39, 0.29) is 0 Å². The molecule has 2 fully saturated rings. The van der Waals surface area contributed by atoms with E-state index in [0.29, 0.717) is 5.41 Å². The molecule has 2 saturated carbocycles. The Kier molecular flexibility index (Phi) is 4.92. The molecule has 1 heterocycles. The molecule has 0 aromatic rings. The fourth-order valence-electron chi connectivity index (χ4n) is 3.95. The molecule has 0 saturated heterocycles. The van der Waals surface area contributed by atoms with E-state index >= 15 is 0 Å². The van der Waals surface area contributed by atoms with E-state index in [9.17, 15) is 0 Å². The highest BCUT2D eigenvalue weighted by molar-refractivity contribution is 8.13. The molecule has 0 bridgehead atoms. The van der Waals surface area contributed by atoms with E-state index in [2.05, 4.69) is 17.3 Å². The van der Waals surface area contributed by atoms with Crippen molar-refractivity contribution in [3.05, 3.63) is 0 Å². The Balaban J connectivity index is 1.37. The van der Waals surface area contributed by atoms with Crippen LogP contribution < -0.4 is 5.32 Å². The Hall–Kier alpha value is -0.220. The van der Waals surface area contributed by atoms with Crippen molar-refractivity contribution in [2.75, 3.05) is 32.4 Å². The predicted octanol–water partition coefficient (Wildman–Crippen LogP) is 3.11. The summed E-state index contributed by atoms with van der Waals surface area (Å²) in [6.07, 6.45) is 11.3. The summed E-state index contributed by atoms with van der Waals surface area (Å²) >= 11 is 1.96. The van der Waals surface area contributed by atoms with Crippen LogP contribution in [0.5, 0.6) is 0 Å². The lowest BCUT2D eigenvalue weighted by Crippen LogP contribution is -2.39. The van der Waals surface area contributed by atoms with Gasteiger partial charge in [0.05, 0.1) is 0 Å². The molecule has 0 radical (unpaired) electrons. The smallest absolute Gasteiger partial charge is 0.156 e. The molecular formula is C16H29N3S. The molecule has 2 aliphatic carbocycles. The second kappa shape index (κ2) is 6.69. The molecule has 3 rings (SSSR count). The first-order chi connectivity index (χ1) is 9.77.